The van der Waals surface area contributed by atoms with E-state index < -0.39 is 0 Å². The minimum Gasteiger partial charge on any atom is -0.310 e. The van der Waals surface area contributed by atoms with Gasteiger partial charge in [-0.2, -0.15) is 5.10 Å². The lowest BCUT2D eigenvalue weighted by Gasteiger charge is -2.17. The van der Waals surface area contributed by atoms with Crippen molar-refractivity contribution >= 4 is 11.8 Å². The summed E-state index contributed by atoms with van der Waals surface area (Å²) in [6, 6.07) is 3.54. The van der Waals surface area contributed by atoms with Gasteiger partial charge in [0.25, 0.3) is 0 Å². The molecule has 0 saturated carbocycles. The second-order valence-electron chi connectivity index (χ2n) is 4.31. The zero-order valence-corrected chi connectivity index (χ0v) is 12.0. The Morgan fingerprint density at radius 3 is 2.89 bits per heavy atom. The summed E-state index contributed by atoms with van der Waals surface area (Å²) >= 11 is 1.46. The number of aromatic nitrogens is 3. The highest BCUT2D eigenvalue weighted by molar-refractivity contribution is 7.99. The summed E-state index contributed by atoms with van der Waals surface area (Å²) in [5.41, 5.74) is 1.57. The topological polar surface area (TPSA) is 53.6 Å². The lowest BCUT2D eigenvalue weighted by atomic mass is 10.1. The van der Waals surface area contributed by atoms with E-state index in [9.17, 15) is 4.39 Å². The SMILES string of the molecule is CCNC(C)c1cc(F)c(C)cc1Sc1ncn[nH]1. The Morgan fingerprint density at radius 2 is 2.26 bits per heavy atom. The molecule has 2 rings (SSSR count). The molecule has 0 aliphatic rings. The molecule has 0 saturated heterocycles. The summed E-state index contributed by atoms with van der Waals surface area (Å²) < 4.78 is 13.8. The van der Waals surface area contributed by atoms with E-state index in [1.54, 1.807) is 13.0 Å². The molecule has 0 amide bonds. The Morgan fingerprint density at radius 1 is 1.47 bits per heavy atom. The van der Waals surface area contributed by atoms with Crippen LogP contribution in [-0.2, 0) is 0 Å². The largest absolute Gasteiger partial charge is 0.310 e. The van der Waals surface area contributed by atoms with Crippen molar-refractivity contribution in [1.82, 2.24) is 20.5 Å². The number of halogens is 1. The molecule has 0 bridgehead atoms. The average molecular weight is 280 g/mol. The van der Waals surface area contributed by atoms with Crippen molar-refractivity contribution in [3.63, 3.8) is 0 Å². The van der Waals surface area contributed by atoms with Gasteiger partial charge in [0.15, 0.2) is 5.16 Å². The second-order valence-corrected chi connectivity index (χ2v) is 5.34. The Hall–Kier alpha value is -1.40. The molecular weight excluding hydrogens is 263 g/mol. The summed E-state index contributed by atoms with van der Waals surface area (Å²) in [4.78, 5) is 5.08. The highest BCUT2D eigenvalue weighted by atomic mass is 32.2. The Bertz CT molecular complexity index is 542. The van der Waals surface area contributed by atoms with E-state index in [0.29, 0.717) is 10.7 Å². The summed E-state index contributed by atoms with van der Waals surface area (Å²) in [5, 5.41) is 10.6. The van der Waals surface area contributed by atoms with Crippen LogP contribution in [0.25, 0.3) is 0 Å². The van der Waals surface area contributed by atoms with Crippen LogP contribution in [0.15, 0.2) is 28.5 Å². The van der Waals surface area contributed by atoms with Crippen molar-refractivity contribution in [2.24, 2.45) is 0 Å². The number of hydrogen-bond acceptors (Lipinski definition) is 4. The lowest BCUT2D eigenvalue weighted by Crippen LogP contribution is -2.18. The first-order valence-corrected chi connectivity index (χ1v) is 7.00. The van der Waals surface area contributed by atoms with Crippen molar-refractivity contribution in [1.29, 1.82) is 0 Å². The van der Waals surface area contributed by atoms with Crippen molar-refractivity contribution in [2.45, 2.75) is 36.9 Å². The fourth-order valence-electron chi connectivity index (χ4n) is 1.86. The molecule has 0 spiro atoms. The quantitative estimate of drug-likeness (QED) is 0.883. The molecule has 0 aliphatic carbocycles. The van der Waals surface area contributed by atoms with Gasteiger partial charge in [-0.05, 0) is 55.4 Å². The summed E-state index contributed by atoms with van der Waals surface area (Å²) in [6.07, 6.45) is 1.46. The normalized spacial score (nSPS) is 12.6. The number of nitrogens with zero attached hydrogens (tertiary/aromatic N) is 2. The van der Waals surface area contributed by atoms with Gasteiger partial charge in [0.1, 0.15) is 12.1 Å². The monoisotopic (exact) mass is 280 g/mol. The van der Waals surface area contributed by atoms with E-state index >= 15 is 0 Å². The van der Waals surface area contributed by atoms with Gasteiger partial charge >= 0.3 is 0 Å². The van der Waals surface area contributed by atoms with Crippen LogP contribution in [0, 0.1) is 12.7 Å². The van der Waals surface area contributed by atoms with Crippen LogP contribution < -0.4 is 5.32 Å². The molecule has 6 heteroatoms. The zero-order valence-electron chi connectivity index (χ0n) is 11.2. The lowest BCUT2D eigenvalue weighted by molar-refractivity contribution is 0.571. The molecule has 4 nitrogen and oxygen atoms in total. The maximum absolute atomic E-state index is 13.8. The highest BCUT2D eigenvalue weighted by Crippen LogP contribution is 2.33. The van der Waals surface area contributed by atoms with E-state index in [2.05, 4.69) is 20.5 Å². The van der Waals surface area contributed by atoms with Crippen LogP contribution in [0.1, 0.15) is 31.0 Å². The van der Waals surface area contributed by atoms with Gasteiger partial charge in [0, 0.05) is 10.9 Å². The Kier molecular flexibility index (Phi) is 4.55. The van der Waals surface area contributed by atoms with Crippen molar-refractivity contribution in [2.75, 3.05) is 6.54 Å². The van der Waals surface area contributed by atoms with E-state index in [4.69, 9.17) is 0 Å². The number of aromatic amines is 1. The first-order chi connectivity index (χ1) is 9.11. The molecule has 0 aliphatic heterocycles. The molecule has 1 unspecified atom stereocenters. The maximum atomic E-state index is 13.8. The van der Waals surface area contributed by atoms with Crippen LogP contribution in [0.2, 0.25) is 0 Å². The Labute approximate surface area is 116 Å². The number of benzene rings is 1. The van der Waals surface area contributed by atoms with E-state index in [-0.39, 0.29) is 11.9 Å². The molecule has 1 heterocycles. The molecular formula is C13H17FN4S. The van der Waals surface area contributed by atoms with E-state index in [0.717, 1.165) is 17.0 Å². The predicted octanol–water partition coefficient (Wildman–Crippen LogP) is 3.07. The Balaban J connectivity index is 2.36. The van der Waals surface area contributed by atoms with Gasteiger partial charge in [-0.15, -0.1) is 0 Å². The minimum absolute atomic E-state index is 0.0884. The van der Waals surface area contributed by atoms with E-state index in [1.807, 2.05) is 19.9 Å². The molecule has 0 fully saturated rings. The summed E-state index contributed by atoms with van der Waals surface area (Å²) in [5.74, 6) is -0.179. The van der Waals surface area contributed by atoms with Gasteiger partial charge in [0.2, 0.25) is 0 Å². The minimum atomic E-state index is -0.179. The molecule has 1 atom stereocenters. The molecule has 0 radical (unpaired) electrons. The van der Waals surface area contributed by atoms with Gasteiger partial charge in [-0.3, -0.25) is 5.10 Å². The molecule has 2 aromatic rings. The molecule has 102 valence electrons. The molecule has 2 N–H and O–H groups in total. The molecule has 1 aromatic carbocycles. The third-order valence-electron chi connectivity index (χ3n) is 2.87. The van der Waals surface area contributed by atoms with Crippen LogP contribution in [0.5, 0.6) is 0 Å². The predicted molar refractivity (Wildman–Crippen MR) is 73.7 cm³/mol. The van der Waals surface area contributed by atoms with Crippen molar-refractivity contribution in [3.8, 4) is 0 Å². The standard InChI is InChI=1S/C13H17FN4S/c1-4-15-9(3)10-6-11(14)8(2)5-12(10)19-13-16-7-17-18-13/h5-7,9,15H,4H2,1-3H3,(H,16,17,18). The van der Waals surface area contributed by atoms with Crippen LogP contribution in [0.3, 0.4) is 0 Å². The number of nitrogens with one attached hydrogen (secondary N) is 2. The third-order valence-corrected chi connectivity index (χ3v) is 3.83. The van der Waals surface area contributed by atoms with Crippen LogP contribution in [-0.4, -0.2) is 21.7 Å². The van der Waals surface area contributed by atoms with Crippen molar-refractivity contribution < 1.29 is 4.39 Å². The first-order valence-electron chi connectivity index (χ1n) is 6.18. The number of rotatable bonds is 5. The van der Waals surface area contributed by atoms with Gasteiger partial charge in [-0.1, -0.05) is 6.92 Å². The second kappa shape index (κ2) is 6.16. The highest BCUT2D eigenvalue weighted by Gasteiger charge is 2.15. The summed E-state index contributed by atoms with van der Waals surface area (Å²) in [7, 11) is 0. The maximum Gasteiger partial charge on any atom is 0.188 e. The average Bonchev–Trinajstić information content (AvgIpc) is 2.86. The first kappa shape index (κ1) is 14.0. The van der Waals surface area contributed by atoms with Gasteiger partial charge in [-0.25, -0.2) is 9.37 Å². The van der Waals surface area contributed by atoms with Gasteiger partial charge in [0.05, 0.1) is 0 Å². The number of hydrogen-bond donors (Lipinski definition) is 2. The third kappa shape index (κ3) is 3.33. The van der Waals surface area contributed by atoms with Crippen molar-refractivity contribution in [3.05, 3.63) is 35.4 Å². The van der Waals surface area contributed by atoms with Crippen LogP contribution in [0.4, 0.5) is 4.39 Å². The smallest absolute Gasteiger partial charge is 0.188 e. The summed E-state index contributed by atoms with van der Waals surface area (Å²) in [6.45, 7) is 6.66. The molecule has 1 aromatic heterocycles. The fraction of sp³-hybridized carbons (Fsp3) is 0.385. The fourth-order valence-corrected chi connectivity index (χ4v) is 2.86. The van der Waals surface area contributed by atoms with Gasteiger partial charge < -0.3 is 5.32 Å². The number of aryl methyl sites for hydroxylation is 1. The molecule has 19 heavy (non-hydrogen) atoms. The van der Waals surface area contributed by atoms with E-state index in [1.165, 1.54) is 18.1 Å². The van der Waals surface area contributed by atoms with Crippen LogP contribution >= 0.6 is 11.8 Å². The number of H-pyrrole nitrogens is 1. The zero-order chi connectivity index (χ0) is 13.8.